The van der Waals surface area contributed by atoms with Crippen molar-refractivity contribution in [1.82, 2.24) is 14.7 Å². The number of rotatable bonds is 23. The zero-order valence-electron chi connectivity index (χ0n) is 21.2. The third-order valence-corrected chi connectivity index (χ3v) is 6.63. The van der Waals surface area contributed by atoms with Crippen molar-refractivity contribution in [3.8, 4) is 0 Å². The molecule has 0 fully saturated rings. The van der Waals surface area contributed by atoms with E-state index in [9.17, 15) is 0 Å². The second-order valence-corrected chi connectivity index (χ2v) is 8.73. The van der Waals surface area contributed by atoms with Crippen LogP contribution in [-0.2, 0) is 0 Å². The van der Waals surface area contributed by atoms with Crippen LogP contribution >= 0.6 is 0 Å². The average Bonchev–Trinajstić information content (AvgIpc) is 2.75. The van der Waals surface area contributed by atoms with E-state index in [0.29, 0.717) is 0 Å². The molecule has 29 heavy (non-hydrogen) atoms. The van der Waals surface area contributed by atoms with E-state index in [0.717, 1.165) is 0 Å². The molecule has 0 saturated carbocycles. The average molecular weight is 412 g/mol. The van der Waals surface area contributed by atoms with Gasteiger partial charge in [-0.25, -0.2) is 0 Å². The first-order valence-electron chi connectivity index (χ1n) is 13.4. The fourth-order valence-corrected chi connectivity index (χ4v) is 4.26. The molecule has 0 aliphatic carbocycles. The second-order valence-electron chi connectivity index (χ2n) is 8.73. The molecular weight excluding hydrogens is 354 g/mol. The molecule has 0 heterocycles. The quantitative estimate of drug-likeness (QED) is 0.174. The van der Waals surface area contributed by atoms with Gasteiger partial charge in [0.05, 0.1) is 0 Å². The Morgan fingerprint density at radius 1 is 0.276 bits per heavy atom. The van der Waals surface area contributed by atoms with Crippen LogP contribution in [0.3, 0.4) is 0 Å². The molecule has 0 saturated heterocycles. The molecule has 176 valence electrons. The number of unbranched alkanes of at least 4 members (excludes halogenated alkanes) is 10. The van der Waals surface area contributed by atoms with Crippen LogP contribution in [0.4, 0.5) is 0 Å². The Hall–Kier alpha value is -0.120. The summed E-state index contributed by atoms with van der Waals surface area (Å²) >= 11 is 0. The Morgan fingerprint density at radius 3 is 0.724 bits per heavy atom. The highest BCUT2D eigenvalue weighted by Crippen LogP contribution is 2.10. The van der Waals surface area contributed by atoms with Gasteiger partial charge >= 0.3 is 0 Å². The van der Waals surface area contributed by atoms with Crippen LogP contribution in [0, 0.1) is 0 Å². The Kier molecular flexibility index (Phi) is 22.5. The van der Waals surface area contributed by atoms with Crippen LogP contribution < -0.4 is 0 Å². The molecular formula is C26H57N3. The lowest BCUT2D eigenvalue weighted by atomic mass is 10.1. The first kappa shape index (κ1) is 28.9. The summed E-state index contributed by atoms with van der Waals surface area (Å²) < 4.78 is 0. The molecule has 0 bridgehead atoms. The van der Waals surface area contributed by atoms with Crippen molar-refractivity contribution < 1.29 is 0 Å². The largest absolute Gasteiger partial charge is 0.304 e. The fourth-order valence-electron chi connectivity index (χ4n) is 4.26. The highest BCUT2D eigenvalue weighted by Gasteiger charge is 2.03. The monoisotopic (exact) mass is 411 g/mol. The smallest absolute Gasteiger partial charge is 0.00189 e. The highest BCUT2D eigenvalue weighted by molar-refractivity contribution is 4.59. The minimum Gasteiger partial charge on any atom is -0.304 e. The fraction of sp³-hybridized carbons (Fsp3) is 1.00. The molecule has 0 aromatic carbocycles. The number of nitrogens with zero attached hydrogens (tertiary/aromatic N) is 3. The van der Waals surface area contributed by atoms with Crippen LogP contribution in [0.25, 0.3) is 0 Å². The molecule has 3 nitrogen and oxygen atoms in total. The van der Waals surface area contributed by atoms with Gasteiger partial charge in [0, 0.05) is 0 Å². The Balaban J connectivity index is 3.43. The summed E-state index contributed by atoms with van der Waals surface area (Å²) in [6.45, 7) is 22.7. The number of hydrogen-bond acceptors (Lipinski definition) is 3. The second kappa shape index (κ2) is 22.6. The van der Waals surface area contributed by atoms with Gasteiger partial charge in [-0.05, 0) is 84.6 Å². The minimum atomic E-state index is 1.21. The van der Waals surface area contributed by atoms with E-state index < -0.39 is 0 Å². The van der Waals surface area contributed by atoms with Crippen molar-refractivity contribution in [2.24, 2.45) is 0 Å². The number of hydrogen-bond donors (Lipinski definition) is 0. The topological polar surface area (TPSA) is 9.72 Å². The van der Waals surface area contributed by atoms with Gasteiger partial charge in [-0.1, -0.05) is 86.0 Å². The van der Waals surface area contributed by atoms with Crippen molar-refractivity contribution in [1.29, 1.82) is 0 Å². The van der Waals surface area contributed by atoms with E-state index in [1.807, 2.05) is 0 Å². The Labute approximate surface area is 185 Å². The van der Waals surface area contributed by atoms with Crippen LogP contribution in [0.1, 0.15) is 112 Å². The molecule has 0 radical (unpaired) electrons. The van der Waals surface area contributed by atoms with E-state index >= 15 is 0 Å². The first-order chi connectivity index (χ1) is 14.2. The molecule has 0 aromatic rings. The minimum absolute atomic E-state index is 1.21. The molecule has 0 aliphatic heterocycles. The summed E-state index contributed by atoms with van der Waals surface area (Å²) in [5.41, 5.74) is 0. The summed E-state index contributed by atoms with van der Waals surface area (Å²) in [6.07, 6.45) is 17.0. The first-order valence-corrected chi connectivity index (χ1v) is 13.4. The van der Waals surface area contributed by atoms with E-state index in [1.54, 1.807) is 0 Å². The van der Waals surface area contributed by atoms with Gasteiger partial charge in [0.15, 0.2) is 0 Å². The zero-order chi connectivity index (χ0) is 21.6. The molecule has 0 spiro atoms. The maximum Gasteiger partial charge on any atom is -0.00189 e. The van der Waals surface area contributed by atoms with Crippen LogP contribution in [0.2, 0.25) is 0 Å². The van der Waals surface area contributed by atoms with Crippen molar-refractivity contribution in [2.75, 3.05) is 58.9 Å². The van der Waals surface area contributed by atoms with Gasteiger partial charge in [0.2, 0.25) is 0 Å². The summed E-state index contributed by atoms with van der Waals surface area (Å²) in [4.78, 5) is 7.78. The maximum atomic E-state index is 2.68. The van der Waals surface area contributed by atoms with Gasteiger partial charge < -0.3 is 14.7 Å². The van der Waals surface area contributed by atoms with Gasteiger partial charge in [0.25, 0.3) is 0 Å². The van der Waals surface area contributed by atoms with E-state index in [-0.39, 0.29) is 0 Å². The van der Waals surface area contributed by atoms with E-state index in [4.69, 9.17) is 0 Å². The zero-order valence-corrected chi connectivity index (χ0v) is 21.2. The highest BCUT2D eigenvalue weighted by atomic mass is 15.1. The van der Waals surface area contributed by atoms with Crippen molar-refractivity contribution in [3.63, 3.8) is 0 Å². The molecule has 0 unspecified atom stereocenters. The molecule has 0 atom stereocenters. The molecule has 0 aliphatic rings. The Morgan fingerprint density at radius 2 is 0.483 bits per heavy atom. The molecule has 0 aromatic heterocycles. The van der Waals surface area contributed by atoms with Crippen LogP contribution in [0.5, 0.6) is 0 Å². The van der Waals surface area contributed by atoms with Gasteiger partial charge in [-0.3, -0.25) is 0 Å². The normalized spacial score (nSPS) is 12.0. The summed E-state index contributed by atoms with van der Waals surface area (Å²) in [5.74, 6) is 0. The van der Waals surface area contributed by atoms with E-state index in [1.165, 1.54) is 136 Å². The lowest BCUT2D eigenvalue weighted by Crippen LogP contribution is -2.25. The molecule has 0 rings (SSSR count). The summed E-state index contributed by atoms with van der Waals surface area (Å²) in [5, 5.41) is 0. The maximum absolute atomic E-state index is 2.68. The third kappa shape index (κ3) is 18.4. The van der Waals surface area contributed by atoms with Gasteiger partial charge in [-0.15, -0.1) is 0 Å². The van der Waals surface area contributed by atoms with Crippen molar-refractivity contribution >= 4 is 0 Å². The predicted molar refractivity (Wildman–Crippen MR) is 133 cm³/mol. The summed E-state index contributed by atoms with van der Waals surface area (Å²) in [7, 11) is 0. The molecule has 0 amide bonds. The van der Waals surface area contributed by atoms with Gasteiger partial charge in [0.1, 0.15) is 0 Å². The standard InChI is InChI=1S/C26H57N3/c1-6-27(7-2)23-19-15-11-13-17-21-25-29(10-5)26-22-18-14-12-16-20-24-28(8-3)9-4/h6-26H2,1-5H3. The van der Waals surface area contributed by atoms with Gasteiger partial charge in [-0.2, -0.15) is 0 Å². The predicted octanol–water partition coefficient (Wildman–Crippen LogP) is 6.67. The third-order valence-electron chi connectivity index (χ3n) is 6.63. The molecule has 3 heteroatoms. The SMILES string of the molecule is CCN(CC)CCCCCCCCN(CC)CCCCCCCCN(CC)CC. The van der Waals surface area contributed by atoms with Crippen LogP contribution in [-0.4, -0.2) is 73.6 Å². The lowest BCUT2D eigenvalue weighted by Gasteiger charge is -2.20. The lowest BCUT2D eigenvalue weighted by molar-refractivity contribution is 0.271. The van der Waals surface area contributed by atoms with Crippen molar-refractivity contribution in [3.05, 3.63) is 0 Å². The van der Waals surface area contributed by atoms with E-state index in [2.05, 4.69) is 49.3 Å². The summed E-state index contributed by atoms with van der Waals surface area (Å²) in [6, 6.07) is 0. The Bertz CT molecular complexity index is 272. The van der Waals surface area contributed by atoms with Crippen molar-refractivity contribution in [2.45, 2.75) is 112 Å². The molecule has 0 N–H and O–H groups in total. The van der Waals surface area contributed by atoms with Crippen LogP contribution in [0.15, 0.2) is 0 Å².